The van der Waals surface area contributed by atoms with Crippen LogP contribution in [0.4, 0.5) is 0 Å². The average Bonchev–Trinajstić information content (AvgIpc) is 2.74. The minimum Gasteiger partial charge on any atom is -0.467 e. The third kappa shape index (κ3) is 2.90. The van der Waals surface area contributed by atoms with Crippen molar-refractivity contribution in [3.8, 4) is 0 Å². The van der Waals surface area contributed by atoms with Gasteiger partial charge in [-0.2, -0.15) is 0 Å². The Bertz CT molecular complexity index is 401. The van der Waals surface area contributed by atoms with Crippen LogP contribution in [-0.4, -0.2) is 35.1 Å². The number of hydrazine groups is 1. The first-order valence-corrected chi connectivity index (χ1v) is 6.18. The van der Waals surface area contributed by atoms with Crippen molar-refractivity contribution >= 4 is 5.91 Å². The summed E-state index contributed by atoms with van der Waals surface area (Å²) < 4.78 is 5.34. The highest BCUT2D eigenvalue weighted by atomic mass is 16.3. The Morgan fingerprint density at radius 2 is 2.39 bits per heavy atom. The second-order valence-corrected chi connectivity index (χ2v) is 4.55. The van der Waals surface area contributed by atoms with E-state index in [1.807, 2.05) is 0 Å². The molecule has 1 aromatic heterocycles. The van der Waals surface area contributed by atoms with E-state index in [0.717, 1.165) is 12.8 Å². The van der Waals surface area contributed by atoms with E-state index >= 15 is 0 Å². The van der Waals surface area contributed by atoms with Gasteiger partial charge in [-0.15, -0.1) is 0 Å². The van der Waals surface area contributed by atoms with Crippen molar-refractivity contribution in [2.45, 2.75) is 31.8 Å². The lowest BCUT2D eigenvalue weighted by Gasteiger charge is -2.36. The van der Waals surface area contributed by atoms with Crippen molar-refractivity contribution in [2.24, 2.45) is 5.84 Å². The lowest BCUT2D eigenvalue weighted by atomic mass is 9.91. The van der Waals surface area contributed by atoms with Crippen molar-refractivity contribution in [1.29, 1.82) is 0 Å². The number of hydrogen-bond donors (Lipinski definition) is 3. The molecular weight excluding hydrogens is 234 g/mol. The number of nitrogens with two attached hydrogens (primary N) is 1. The summed E-state index contributed by atoms with van der Waals surface area (Å²) in [4.78, 5) is 13.5. The molecule has 4 N–H and O–H groups in total. The third-order valence-corrected chi connectivity index (χ3v) is 3.38. The van der Waals surface area contributed by atoms with E-state index in [4.69, 9.17) is 15.4 Å². The summed E-state index contributed by atoms with van der Waals surface area (Å²) in [5, 5.41) is 9.06. The zero-order valence-corrected chi connectivity index (χ0v) is 10.3. The fourth-order valence-electron chi connectivity index (χ4n) is 2.14. The SMILES string of the molecule is NNC(=O)c1coc(CN(CCO)C2CCC2)c1. The van der Waals surface area contributed by atoms with E-state index in [0.29, 0.717) is 30.5 Å². The van der Waals surface area contributed by atoms with Gasteiger partial charge in [-0.05, 0) is 18.9 Å². The van der Waals surface area contributed by atoms with Crippen LogP contribution < -0.4 is 11.3 Å². The first kappa shape index (κ1) is 13.1. The smallest absolute Gasteiger partial charge is 0.268 e. The Hall–Kier alpha value is -1.37. The standard InChI is InChI=1S/C12H19N3O3/c13-14-12(17)9-6-11(18-8-9)7-15(4-5-16)10-2-1-3-10/h6,8,10,16H,1-5,7,13H2,(H,14,17). The molecule has 0 aliphatic heterocycles. The highest BCUT2D eigenvalue weighted by molar-refractivity contribution is 5.93. The number of nitrogens with zero attached hydrogens (tertiary/aromatic N) is 1. The number of amides is 1. The number of rotatable bonds is 6. The molecule has 1 fully saturated rings. The molecule has 1 aliphatic carbocycles. The van der Waals surface area contributed by atoms with Gasteiger partial charge in [-0.3, -0.25) is 15.1 Å². The zero-order chi connectivity index (χ0) is 13.0. The maximum atomic E-state index is 11.3. The normalized spacial score (nSPS) is 15.7. The van der Waals surface area contributed by atoms with E-state index in [9.17, 15) is 4.79 Å². The number of aliphatic hydroxyl groups excluding tert-OH is 1. The van der Waals surface area contributed by atoms with E-state index in [2.05, 4.69) is 10.3 Å². The van der Waals surface area contributed by atoms with Crippen LogP contribution in [0.3, 0.4) is 0 Å². The summed E-state index contributed by atoms with van der Waals surface area (Å²) in [7, 11) is 0. The average molecular weight is 253 g/mol. The fourth-order valence-corrected chi connectivity index (χ4v) is 2.14. The van der Waals surface area contributed by atoms with Gasteiger partial charge in [-0.25, -0.2) is 5.84 Å². The van der Waals surface area contributed by atoms with Gasteiger partial charge in [0.05, 0.1) is 18.7 Å². The molecule has 0 bridgehead atoms. The van der Waals surface area contributed by atoms with Crippen LogP contribution in [0.2, 0.25) is 0 Å². The van der Waals surface area contributed by atoms with Crippen LogP contribution in [0, 0.1) is 0 Å². The van der Waals surface area contributed by atoms with Gasteiger partial charge in [-0.1, -0.05) is 6.42 Å². The topological polar surface area (TPSA) is 91.7 Å². The Kier molecular flexibility index (Phi) is 4.35. The van der Waals surface area contributed by atoms with Gasteiger partial charge in [0.2, 0.25) is 0 Å². The minimum absolute atomic E-state index is 0.132. The Morgan fingerprint density at radius 1 is 1.61 bits per heavy atom. The first-order chi connectivity index (χ1) is 8.74. The van der Waals surface area contributed by atoms with Crippen LogP contribution in [0.1, 0.15) is 35.4 Å². The molecule has 0 saturated heterocycles. The van der Waals surface area contributed by atoms with Crippen molar-refractivity contribution in [3.05, 3.63) is 23.7 Å². The predicted molar refractivity (Wildman–Crippen MR) is 65.5 cm³/mol. The van der Waals surface area contributed by atoms with Crippen molar-refractivity contribution in [1.82, 2.24) is 10.3 Å². The Labute approximate surface area is 106 Å². The molecule has 1 aromatic rings. The third-order valence-electron chi connectivity index (χ3n) is 3.38. The van der Waals surface area contributed by atoms with Crippen LogP contribution in [-0.2, 0) is 6.54 Å². The lowest BCUT2D eigenvalue weighted by molar-refractivity contribution is 0.0878. The maximum absolute atomic E-state index is 11.3. The monoisotopic (exact) mass is 253 g/mol. The van der Waals surface area contributed by atoms with Gasteiger partial charge in [0, 0.05) is 12.6 Å². The van der Waals surface area contributed by atoms with Gasteiger partial charge in [0.1, 0.15) is 12.0 Å². The van der Waals surface area contributed by atoms with Crippen LogP contribution >= 0.6 is 0 Å². The minimum atomic E-state index is -0.359. The molecule has 6 nitrogen and oxygen atoms in total. The molecule has 0 spiro atoms. The van der Waals surface area contributed by atoms with Crippen molar-refractivity contribution < 1.29 is 14.3 Å². The molecule has 1 aliphatic rings. The highest BCUT2D eigenvalue weighted by Crippen LogP contribution is 2.26. The van der Waals surface area contributed by atoms with E-state index in [1.54, 1.807) is 6.07 Å². The molecule has 0 atom stereocenters. The molecule has 100 valence electrons. The van der Waals surface area contributed by atoms with Crippen molar-refractivity contribution in [3.63, 3.8) is 0 Å². The molecule has 0 unspecified atom stereocenters. The summed E-state index contributed by atoms with van der Waals surface area (Å²) in [5.41, 5.74) is 2.49. The summed E-state index contributed by atoms with van der Waals surface area (Å²) >= 11 is 0. The summed E-state index contributed by atoms with van der Waals surface area (Å²) in [5.74, 6) is 5.41. The number of hydrogen-bond acceptors (Lipinski definition) is 5. The van der Waals surface area contributed by atoms with Crippen LogP contribution in [0.15, 0.2) is 16.7 Å². The lowest BCUT2D eigenvalue weighted by Crippen LogP contribution is -2.41. The van der Waals surface area contributed by atoms with Crippen LogP contribution in [0.25, 0.3) is 0 Å². The van der Waals surface area contributed by atoms with Gasteiger partial charge in [0.25, 0.3) is 5.91 Å². The first-order valence-electron chi connectivity index (χ1n) is 6.18. The molecule has 18 heavy (non-hydrogen) atoms. The molecule has 0 aromatic carbocycles. The largest absolute Gasteiger partial charge is 0.467 e. The van der Waals surface area contributed by atoms with E-state index in [-0.39, 0.29) is 12.5 Å². The molecule has 6 heteroatoms. The molecule has 1 amide bonds. The van der Waals surface area contributed by atoms with Gasteiger partial charge in [0.15, 0.2) is 0 Å². The summed E-state index contributed by atoms with van der Waals surface area (Å²) in [6.07, 6.45) is 4.97. The second-order valence-electron chi connectivity index (χ2n) is 4.55. The fraction of sp³-hybridized carbons (Fsp3) is 0.583. The van der Waals surface area contributed by atoms with E-state index in [1.165, 1.54) is 12.7 Å². The predicted octanol–water partition coefficient (Wildman–Crippen LogP) is 0.230. The quantitative estimate of drug-likeness (QED) is 0.383. The number of nitrogen functional groups attached to an aromatic ring is 1. The second kappa shape index (κ2) is 5.99. The maximum Gasteiger partial charge on any atom is 0.268 e. The zero-order valence-electron chi connectivity index (χ0n) is 10.3. The van der Waals surface area contributed by atoms with Gasteiger partial charge < -0.3 is 9.52 Å². The van der Waals surface area contributed by atoms with Crippen molar-refractivity contribution in [2.75, 3.05) is 13.2 Å². The number of carbonyl (C=O) groups is 1. The van der Waals surface area contributed by atoms with Crippen LogP contribution in [0.5, 0.6) is 0 Å². The van der Waals surface area contributed by atoms with Gasteiger partial charge >= 0.3 is 0 Å². The number of carbonyl (C=O) groups excluding carboxylic acids is 1. The molecular formula is C12H19N3O3. The van der Waals surface area contributed by atoms with E-state index < -0.39 is 0 Å². The Morgan fingerprint density at radius 3 is 2.94 bits per heavy atom. The number of aliphatic hydroxyl groups is 1. The highest BCUT2D eigenvalue weighted by Gasteiger charge is 2.25. The number of furan rings is 1. The summed E-state index contributed by atoms with van der Waals surface area (Å²) in [6.45, 7) is 1.38. The summed E-state index contributed by atoms with van der Waals surface area (Å²) in [6, 6.07) is 2.21. The molecule has 1 saturated carbocycles. The molecule has 1 heterocycles. The molecule has 0 radical (unpaired) electrons. The Balaban J connectivity index is 1.97. The molecule has 2 rings (SSSR count). The number of nitrogens with one attached hydrogen (secondary N) is 1.